The smallest absolute Gasteiger partial charge is 0.304 e. The van der Waals surface area contributed by atoms with Crippen LogP contribution in [0, 0.1) is 0 Å². The molecular formula is C26H29ClN2NaO4S2. The van der Waals surface area contributed by atoms with Crippen molar-refractivity contribution in [2.45, 2.75) is 17.4 Å². The number of thioether (sulfide) groups is 2. The molecule has 3 N–H and O–H groups in total. The van der Waals surface area contributed by atoms with E-state index < -0.39 is 5.97 Å². The van der Waals surface area contributed by atoms with E-state index in [0.29, 0.717) is 22.9 Å². The van der Waals surface area contributed by atoms with Gasteiger partial charge in [0, 0.05) is 72.0 Å². The van der Waals surface area contributed by atoms with Gasteiger partial charge in [-0.05, 0) is 41.5 Å². The third-order valence-electron chi connectivity index (χ3n) is 4.97. The van der Waals surface area contributed by atoms with E-state index in [1.54, 1.807) is 42.5 Å². The van der Waals surface area contributed by atoms with Crippen molar-refractivity contribution in [1.29, 1.82) is 0 Å². The minimum Gasteiger partial charge on any atom is -0.481 e. The molecule has 10 heteroatoms. The molecule has 0 aliphatic rings. The normalized spacial score (nSPS) is 11.5. The molecule has 2 aromatic carbocycles. The predicted octanol–water partition coefficient (Wildman–Crippen LogP) is 5.27. The van der Waals surface area contributed by atoms with Crippen LogP contribution in [0.25, 0.3) is 23.1 Å². The molecular weight excluding hydrogens is 527 g/mol. The summed E-state index contributed by atoms with van der Waals surface area (Å²) in [6, 6.07) is 17.8. The Hall–Kier alpha value is -1.52. The number of hydrogen-bond donors (Lipinski definition) is 1. The Morgan fingerprint density at radius 3 is 2.42 bits per heavy atom. The summed E-state index contributed by atoms with van der Waals surface area (Å²) in [5.74, 6) is 0.464. The van der Waals surface area contributed by atoms with Gasteiger partial charge >= 0.3 is 5.97 Å². The summed E-state index contributed by atoms with van der Waals surface area (Å²) in [5.41, 5.74) is 3.81. The summed E-state index contributed by atoms with van der Waals surface area (Å²) < 4.78 is 0.0450. The first-order valence-electron chi connectivity index (χ1n) is 10.8. The molecule has 187 valence electrons. The van der Waals surface area contributed by atoms with Gasteiger partial charge in [-0.3, -0.25) is 9.59 Å². The van der Waals surface area contributed by atoms with Crippen LogP contribution in [0.4, 0.5) is 0 Å². The van der Waals surface area contributed by atoms with Gasteiger partial charge in [-0.25, -0.2) is 4.98 Å². The molecule has 36 heavy (non-hydrogen) atoms. The van der Waals surface area contributed by atoms with Gasteiger partial charge in [0.2, 0.25) is 5.91 Å². The molecule has 1 radical (unpaired) electrons. The van der Waals surface area contributed by atoms with Crippen LogP contribution in [0.3, 0.4) is 0 Å². The van der Waals surface area contributed by atoms with Gasteiger partial charge in [-0.15, -0.1) is 23.5 Å². The van der Waals surface area contributed by atoms with Crippen molar-refractivity contribution >= 4 is 99.6 Å². The SMILES string of the molecule is CN(C)C(=O)CCSC(SCCC(=O)O)c1cccc(/C=C/c2ccc3ccc(Cl)cc3n2)c1.O.[Na]. The first-order chi connectivity index (χ1) is 16.3. The van der Waals surface area contributed by atoms with E-state index in [2.05, 4.69) is 11.1 Å². The van der Waals surface area contributed by atoms with E-state index in [1.807, 2.05) is 60.7 Å². The van der Waals surface area contributed by atoms with Crippen LogP contribution in [0.15, 0.2) is 54.6 Å². The van der Waals surface area contributed by atoms with E-state index in [9.17, 15) is 9.59 Å². The fourth-order valence-electron chi connectivity index (χ4n) is 3.16. The molecule has 1 aromatic heterocycles. The molecule has 1 amide bonds. The van der Waals surface area contributed by atoms with Gasteiger partial charge in [0.15, 0.2) is 0 Å². The molecule has 1 unspecified atom stereocenters. The minimum absolute atomic E-state index is 0. The molecule has 0 spiro atoms. The summed E-state index contributed by atoms with van der Waals surface area (Å²) >= 11 is 9.37. The van der Waals surface area contributed by atoms with Gasteiger partial charge in [0.25, 0.3) is 0 Å². The number of fused-ring (bicyclic) bond motifs is 1. The Labute approximate surface area is 247 Å². The maximum atomic E-state index is 11.9. The van der Waals surface area contributed by atoms with E-state index in [1.165, 1.54) is 0 Å². The van der Waals surface area contributed by atoms with Gasteiger partial charge in [-0.2, -0.15) is 0 Å². The second-order valence-corrected chi connectivity index (χ2v) is 11.0. The number of carboxylic acids is 1. The number of carbonyl (C=O) groups excluding carboxylic acids is 1. The Balaban J connectivity index is 0.00000324. The molecule has 0 fully saturated rings. The number of halogens is 1. The minimum atomic E-state index is -0.806. The molecule has 0 saturated heterocycles. The summed E-state index contributed by atoms with van der Waals surface area (Å²) in [7, 11) is 3.50. The van der Waals surface area contributed by atoms with E-state index in [4.69, 9.17) is 16.7 Å². The topological polar surface area (TPSA) is 102 Å². The average molecular weight is 556 g/mol. The number of amides is 1. The van der Waals surface area contributed by atoms with Crippen molar-refractivity contribution in [2.75, 3.05) is 25.6 Å². The van der Waals surface area contributed by atoms with E-state index >= 15 is 0 Å². The van der Waals surface area contributed by atoms with Crippen LogP contribution in [0.2, 0.25) is 5.02 Å². The van der Waals surface area contributed by atoms with Crippen LogP contribution >= 0.6 is 35.1 Å². The fourth-order valence-corrected chi connectivity index (χ4v) is 5.98. The number of carboxylic acid groups (broad SMARTS) is 1. The number of benzene rings is 2. The first kappa shape index (κ1) is 32.5. The van der Waals surface area contributed by atoms with Gasteiger partial charge in [0.1, 0.15) is 0 Å². The summed E-state index contributed by atoms with van der Waals surface area (Å²) in [6.45, 7) is 0. The van der Waals surface area contributed by atoms with E-state index in [0.717, 1.165) is 27.7 Å². The third-order valence-corrected chi connectivity index (χ3v) is 8.06. The van der Waals surface area contributed by atoms with Crippen molar-refractivity contribution < 1.29 is 20.2 Å². The van der Waals surface area contributed by atoms with Crippen molar-refractivity contribution in [3.8, 4) is 0 Å². The van der Waals surface area contributed by atoms with E-state index in [-0.39, 0.29) is 51.9 Å². The fraction of sp³-hybridized carbons (Fsp3) is 0.269. The number of pyridine rings is 1. The third kappa shape index (κ3) is 10.5. The molecule has 0 bridgehead atoms. The van der Waals surface area contributed by atoms with Crippen LogP contribution in [0.1, 0.15) is 34.2 Å². The van der Waals surface area contributed by atoms with Crippen LogP contribution in [0.5, 0.6) is 0 Å². The zero-order valence-corrected chi connectivity index (χ0v) is 25.0. The molecule has 0 aliphatic heterocycles. The Kier molecular flexibility index (Phi) is 14.8. The van der Waals surface area contributed by atoms with Crippen LogP contribution < -0.4 is 0 Å². The Morgan fingerprint density at radius 1 is 1.03 bits per heavy atom. The standard InChI is InChI=1S/C26H27ClN2O3S2.Na.H2O/c1-29(2)24(30)12-14-33-26(34-15-13-25(31)32)20-5-3-4-18(16-20)6-10-22-11-8-19-7-9-21(27)17-23(19)28-22;;/h3-11,16-17,26H,12-15H2,1-2H3,(H,31,32);;1H2/b10-6+;;. The first-order valence-corrected chi connectivity index (χ1v) is 13.3. The Bertz CT molecular complexity index is 1190. The molecule has 3 rings (SSSR count). The van der Waals surface area contributed by atoms with Crippen molar-refractivity contribution in [3.05, 3.63) is 76.4 Å². The molecule has 3 aromatic rings. The summed E-state index contributed by atoms with van der Waals surface area (Å²) in [5, 5.41) is 10.7. The van der Waals surface area contributed by atoms with Gasteiger partial charge < -0.3 is 15.5 Å². The molecule has 0 aliphatic carbocycles. The van der Waals surface area contributed by atoms with Crippen LogP contribution in [-0.2, 0) is 9.59 Å². The van der Waals surface area contributed by atoms with Crippen molar-refractivity contribution in [2.24, 2.45) is 0 Å². The molecule has 6 nitrogen and oxygen atoms in total. The molecule has 1 heterocycles. The molecule has 0 saturated carbocycles. The largest absolute Gasteiger partial charge is 0.481 e. The van der Waals surface area contributed by atoms with Crippen LogP contribution in [-0.4, -0.2) is 87.5 Å². The zero-order chi connectivity index (χ0) is 24.5. The monoisotopic (exact) mass is 555 g/mol. The zero-order valence-electron chi connectivity index (χ0n) is 20.6. The maximum absolute atomic E-state index is 11.9. The predicted molar refractivity (Wildman–Crippen MR) is 155 cm³/mol. The molecule has 1 atom stereocenters. The maximum Gasteiger partial charge on any atom is 0.304 e. The number of nitrogens with zero attached hydrogens (tertiary/aromatic N) is 2. The average Bonchev–Trinajstić information content (AvgIpc) is 2.81. The van der Waals surface area contributed by atoms with Gasteiger partial charge in [0.05, 0.1) is 22.2 Å². The Morgan fingerprint density at radius 2 is 1.72 bits per heavy atom. The second-order valence-electron chi connectivity index (χ2n) is 7.83. The van der Waals surface area contributed by atoms with Crippen molar-refractivity contribution in [1.82, 2.24) is 9.88 Å². The second kappa shape index (κ2) is 16.3. The number of carbonyl (C=O) groups is 2. The quantitative estimate of drug-likeness (QED) is 0.255. The van der Waals surface area contributed by atoms with Crippen molar-refractivity contribution in [3.63, 3.8) is 0 Å². The number of hydrogen-bond acceptors (Lipinski definition) is 5. The number of rotatable bonds is 11. The van der Waals surface area contributed by atoms with Gasteiger partial charge in [-0.1, -0.05) is 48.0 Å². The summed E-state index contributed by atoms with van der Waals surface area (Å²) in [6.07, 6.45) is 4.54. The summed E-state index contributed by atoms with van der Waals surface area (Å²) in [4.78, 5) is 29.2. The number of aliphatic carboxylic acids is 1. The number of aromatic nitrogens is 1.